The van der Waals surface area contributed by atoms with E-state index in [9.17, 15) is 4.79 Å². The van der Waals surface area contributed by atoms with Crippen LogP contribution in [0, 0.1) is 16.7 Å². The normalized spacial score (nSPS) is 12.8. The van der Waals surface area contributed by atoms with Gasteiger partial charge >= 0.3 is 0 Å². The predicted molar refractivity (Wildman–Crippen MR) is 70.6 cm³/mol. The molecule has 0 heterocycles. The summed E-state index contributed by atoms with van der Waals surface area (Å²) in [6, 6.07) is 9.59. The molecule has 4 nitrogen and oxygen atoms in total. The van der Waals surface area contributed by atoms with Gasteiger partial charge in [-0.3, -0.25) is 4.79 Å². The maximum absolute atomic E-state index is 11.2. The molecule has 1 rings (SSSR count). The number of rotatable bonds is 5. The Labute approximate surface area is 108 Å². The van der Waals surface area contributed by atoms with Crippen LogP contribution in [0.15, 0.2) is 24.3 Å². The fourth-order valence-electron chi connectivity index (χ4n) is 1.49. The average Bonchev–Trinajstić information content (AvgIpc) is 2.36. The smallest absolute Gasteiger partial charge is 0.224 e. The number of hydrogen-bond donors (Lipinski definition) is 2. The predicted octanol–water partition coefficient (Wildman–Crippen LogP) is 1.72. The molecule has 18 heavy (non-hydrogen) atoms. The Balaban J connectivity index is 2.69. The molecule has 0 aliphatic rings. The van der Waals surface area contributed by atoms with Crippen molar-refractivity contribution in [2.24, 2.45) is 11.1 Å². The van der Waals surface area contributed by atoms with E-state index in [0.717, 1.165) is 5.56 Å². The van der Waals surface area contributed by atoms with E-state index in [1.807, 2.05) is 25.1 Å². The Kier molecular flexibility index (Phi) is 4.46. The number of nitriles is 1. The zero-order chi connectivity index (χ0) is 13.8. The molecule has 4 heteroatoms. The van der Waals surface area contributed by atoms with Crippen LogP contribution < -0.4 is 11.1 Å². The summed E-state index contributed by atoms with van der Waals surface area (Å²) in [7, 11) is 0. The highest BCUT2D eigenvalue weighted by Crippen LogP contribution is 2.17. The van der Waals surface area contributed by atoms with E-state index in [2.05, 4.69) is 11.4 Å². The van der Waals surface area contributed by atoms with Gasteiger partial charge in [-0.25, -0.2) is 0 Å². The van der Waals surface area contributed by atoms with Gasteiger partial charge in [-0.1, -0.05) is 12.1 Å². The topological polar surface area (TPSA) is 78.9 Å². The maximum Gasteiger partial charge on any atom is 0.224 e. The fourth-order valence-corrected chi connectivity index (χ4v) is 1.49. The molecule has 1 atom stereocenters. The van der Waals surface area contributed by atoms with Gasteiger partial charge < -0.3 is 11.1 Å². The van der Waals surface area contributed by atoms with Crippen LogP contribution in [-0.2, 0) is 4.79 Å². The highest BCUT2D eigenvalue weighted by molar-refractivity contribution is 5.80. The van der Waals surface area contributed by atoms with Gasteiger partial charge in [0.2, 0.25) is 5.91 Å². The minimum Gasteiger partial charge on any atom is -0.369 e. The van der Waals surface area contributed by atoms with Gasteiger partial charge in [-0.15, -0.1) is 0 Å². The van der Waals surface area contributed by atoms with E-state index in [-0.39, 0.29) is 11.9 Å². The van der Waals surface area contributed by atoms with Gasteiger partial charge in [-0.05, 0) is 38.5 Å². The molecule has 1 amide bonds. The summed E-state index contributed by atoms with van der Waals surface area (Å²) in [6.07, 6.45) is 0. The summed E-state index contributed by atoms with van der Waals surface area (Å²) in [5.41, 5.74) is 6.39. The minimum atomic E-state index is -0.582. The van der Waals surface area contributed by atoms with Crippen LogP contribution in [-0.4, -0.2) is 12.5 Å². The zero-order valence-corrected chi connectivity index (χ0v) is 11.0. The SMILES string of the molecule is C[C@@H](NCC(C)(C)C(N)=O)c1cccc(C#N)c1. The van der Waals surface area contributed by atoms with Crippen molar-refractivity contribution in [2.45, 2.75) is 26.8 Å². The third-order valence-electron chi connectivity index (χ3n) is 3.03. The van der Waals surface area contributed by atoms with Gasteiger partial charge in [0.05, 0.1) is 17.0 Å². The molecule has 1 aromatic carbocycles. The number of nitrogens with one attached hydrogen (secondary N) is 1. The number of primary amides is 1. The molecule has 3 N–H and O–H groups in total. The van der Waals surface area contributed by atoms with Crippen LogP contribution in [0.5, 0.6) is 0 Å². The van der Waals surface area contributed by atoms with Crippen LogP contribution in [0.3, 0.4) is 0 Å². The lowest BCUT2D eigenvalue weighted by atomic mass is 9.92. The summed E-state index contributed by atoms with van der Waals surface area (Å²) >= 11 is 0. The lowest BCUT2D eigenvalue weighted by molar-refractivity contribution is -0.125. The highest BCUT2D eigenvalue weighted by Gasteiger charge is 2.25. The van der Waals surface area contributed by atoms with Crippen LogP contribution >= 0.6 is 0 Å². The van der Waals surface area contributed by atoms with Crippen molar-refractivity contribution in [1.29, 1.82) is 5.26 Å². The molecule has 0 unspecified atom stereocenters. The van der Waals surface area contributed by atoms with Crippen LogP contribution in [0.4, 0.5) is 0 Å². The molecule has 96 valence electrons. The Morgan fingerprint density at radius 1 is 1.56 bits per heavy atom. The van der Waals surface area contributed by atoms with Crippen molar-refractivity contribution >= 4 is 5.91 Å². The number of benzene rings is 1. The third-order valence-corrected chi connectivity index (χ3v) is 3.03. The number of carbonyl (C=O) groups is 1. The van der Waals surface area contributed by atoms with E-state index in [1.54, 1.807) is 19.9 Å². The molecular weight excluding hydrogens is 226 g/mol. The molecule has 0 spiro atoms. The second-order valence-corrected chi connectivity index (χ2v) is 5.09. The Bertz CT molecular complexity index is 474. The Morgan fingerprint density at radius 3 is 2.78 bits per heavy atom. The number of carbonyl (C=O) groups excluding carboxylic acids is 1. The van der Waals surface area contributed by atoms with E-state index in [0.29, 0.717) is 12.1 Å². The summed E-state index contributed by atoms with van der Waals surface area (Å²) in [6.45, 7) is 6.11. The van der Waals surface area contributed by atoms with Crippen LogP contribution in [0.1, 0.15) is 37.9 Å². The fraction of sp³-hybridized carbons (Fsp3) is 0.429. The van der Waals surface area contributed by atoms with Crippen molar-refractivity contribution in [2.75, 3.05) is 6.54 Å². The second kappa shape index (κ2) is 5.65. The van der Waals surface area contributed by atoms with Crippen LogP contribution in [0.25, 0.3) is 0 Å². The lowest BCUT2D eigenvalue weighted by Gasteiger charge is -2.24. The minimum absolute atomic E-state index is 0.0666. The first kappa shape index (κ1) is 14.2. The van der Waals surface area contributed by atoms with Crippen molar-refractivity contribution < 1.29 is 4.79 Å². The number of nitrogens with two attached hydrogens (primary N) is 1. The van der Waals surface area contributed by atoms with Crippen molar-refractivity contribution in [1.82, 2.24) is 5.32 Å². The van der Waals surface area contributed by atoms with E-state index < -0.39 is 5.41 Å². The molecular formula is C14H19N3O. The lowest BCUT2D eigenvalue weighted by Crippen LogP contribution is -2.41. The number of amides is 1. The Hall–Kier alpha value is -1.86. The first-order valence-electron chi connectivity index (χ1n) is 5.90. The van der Waals surface area contributed by atoms with Crippen molar-refractivity contribution in [3.8, 4) is 6.07 Å². The molecule has 0 aromatic heterocycles. The molecule has 0 radical (unpaired) electrons. The van der Waals surface area contributed by atoms with Crippen molar-refractivity contribution in [3.05, 3.63) is 35.4 Å². The van der Waals surface area contributed by atoms with Gasteiger partial charge in [-0.2, -0.15) is 5.26 Å². The van der Waals surface area contributed by atoms with E-state index in [1.165, 1.54) is 0 Å². The number of hydrogen-bond acceptors (Lipinski definition) is 3. The summed E-state index contributed by atoms with van der Waals surface area (Å²) in [4.78, 5) is 11.2. The van der Waals surface area contributed by atoms with Gasteiger partial charge in [0.1, 0.15) is 0 Å². The third kappa shape index (κ3) is 3.57. The highest BCUT2D eigenvalue weighted by atomic mass is 16.1. The van der Waals surface area contributed by atoms with E-state index in [4.69, 9.17) is 11.0 Å². The van der Waals surface area contributed by atoms with Crippen LogP contribution in [0.2, 0.25) is 0 Å². The molecule has 1 aromatic rings. The molecule has 0 saturated heterocycles. The first-order valence-corrected chi connectivity index (χ1v) is 5.90. The maximum atomic E-state index is 11.2. The quantitative estimate of drug-likeness (QED) is 0.829. The zero-order valence-electron chi connectivity index (χ0n) is 11.0. The largest absolute Gasteiger partial charge is 0.369 e. The Morgan fingerprint density at radius 2 is 2.22 bits per heavy atom. The monoisotopic (exact) mass is 245 g/mol. The molecule has 0 aliphatic heterocycles. The number of nitrogens with zero attached hydrogens (tertiary/aromatic N) is 1. The average molecular weight is 245 g/mol. The van der Waals surface area contributed by atoms with Gasteiger partial charge in [0, 0.05) is 12.6 Å². The van der Waals surface area contributed by atoms with E-state index >= 15 is 0 Å². The molecule has 0 bridgehead atoms. The van der Waals surface area contributed by atoms with Gasteiger partial charge in [0.15, 0.2) is 0 Å². The summed E-state index contributed by atoms with van der Waals surface area (Å²) in [5, 5.41) is 12.1. The summed E-state index contributed by atoms with van der Waals surface area (Å²) < 4.78 is 0. The first-order chi connectivity index (χ1) is 8.36. The summed E-state index contributed by atoms with van der Waals surface area (Å²) in [5.74, 6) is -0.326. The molecule has 0 aliphatic carbocycles. The molecule has 0 fully saturated rings. The standard InChI is InChI=1S/C14H19N3O/c1-10(17-9-14(2,3)13(16)18)12-6-4-5-11(7-12)8-15/h4-7,10,17H,9H2,1-3H3,(H2,16,18)/t10-/m1/s1. The van der Waals surface area contributed by atoms with Crippen molar-refractivity contribution in [3.63, 3.8) is 0 Å². The second-order valence-electron chi connectivity index (χ2n) is 5.09. The van der Waals surface area contributed by atoms with Gasteiger partial charge in [0.25, 0.3) is 0 Å². The molecule has 0 saturated carbocycles.